The Bertz CT molecular complexity index is 851. The molecule has 0 aromatic heterocycles. The molecular formula is C22H26N2O3. The summed E-state index contributed by atoms with van der Waals surface area (Å²) in [6, 6.07) is 13.6. The number of carbonyl (C=O) groups excluding carboxylic acids is 2. The normalized spacial score (nSPS) is 13.7. The Morgan fingerprint density at radius 3 is 2.37 bits per heavy atom. The average molecular weight is 366 g/mol. The van der Waals surface area contributed by atoms with E-state index in [-0.39, 0.29) is 17.4 Å². The Balaban J connectivity index is 1.73. The maximum atomic E-state index is 12.6. The summed E-state index contributed by atoms with van der Waals surface area (Å²) < 4.78 is 4.81. The van der Waals surface area contributed by atoms with Crippen LogP contribution in [0.3, 0.4) is 0 Å². The maximum Gasteiger partial charge on any atom is 0.409 e. The second kappa shape index (κ2) is 7.43. The third kappa shape index (κ3) is 4.30. The van der Waals surface area contributed by atoms with Gasteiger partial charge in [-0.05, 0) is 52.8 Å². The highest BCUT2D eigenvalue weighted by Crippen LogP contribution is 2.25. The van der Waals surface area contributed by atoms with Gasteiger partial charge in [0.15, 0.2) is 0 Å². The molecule has 1 N–H and O–H groups in total. The van der Waals surface area contributed by atoms with Gasteiger partial charge in [-0.25, -0.2) is 4.79 Å². The molecule has 2 aromatic carbocycles. The van der Waals surface area contributed by atoms with Crippen molar-refractivity contribution in [3.8, 4) is 0 Å². The molecule has 0 radical (unpaired) electrons. The summed E-state index contributed by atoms with van der Waals surface area (Å²) in [5.41, 5.74) is 4.83. The predicted molar refractivity (Wildman–Crippen MR) is 106 cm³/mol. The Morgan fingerprint density at radius 1 is 1.04 bits per heavy atom. The first-order valence-corrected chi connectivity index (χ1v) is 9.14. The number of hydrogen-bond acceptors (Lipinski definition) is 3. The van der Waals surface area contributed by atoms with E-state index in [0.29, 0.717) is 18.7 Å². The summed E-state index contributed by atoms with van der Waals surface area (Å²) >= 11 is 0. The molecule has 2 amide bonds. The van der Waals surface area contributed by atoms with E-state index >= 15 is 0 Å². The van der Waals surface area contributed by atoms with Gasteiger partial charge in [-0.3, -0.25) is 4.79 Å². The van der Waals surface area contributed by atoms with Crippen LogP contribution in [-0.4, -0.2) is 30.6 Å². The molecule has 0 atom stereocenters. The SMILES string of the molecule is COC(=O)N1CCc2ccc(NC(=O)c3ccc(C(C)(C)C)cc3)cc2C1. The molecule has 0 aliphatic carbocycles. The third-order valence-corrected chi connectivity index (χ3v) is 4.92. The third-order valence-electron chi connectivity index (χ3n) is 4.92. The number of anilines is 1. The topological polar surface area (TPSA) is 58.6 Å². The van der Waals surface area contributed by atoms with Gasteiger partial charge in [0.05, 0.1) is 7.11 Å². The molecule has 1 heterocycles. The minimum absolute atomic E-state index is 0.0546. The highest BCUT2D eigenvalue weighted by atomic mass is 16.5. The van der Waals surface area contributed by atoms with Gasteiger partial charge in [-0.2, -0.15) is 0 Å². The number of nitrogens with one attached hydrogen (secondary N) is 1. The number of ether oxygens (including phenoxy) is 1. The van der Waals surface area contributed by atoms with E-state index in [0.717, 1.165) is 17.7 Å². The number of hydrogen-bond donors (Lipinski definition) is 1. The van der Waals surface area contributed by atoms with E-state index in [2.05, 4.69) is 26.1 Å². The van der Waals surface area contributed by atoms with Gasteiger partial charge in [0.2, 0.25) is 0 Å². The Labute approximate surface area is 160 Å². The Morgan fingerprint density at radius 2 is 1.74 bits per heavy atom. The van der Waals surface area contributed by atoms with Gasteiger partial charge in [0.25, 0.3) is 5.91 Å². The summed E-state index contributed by atoms with van der Waals surface area (Å²) in [5, 5.41) is 2.95. The quantitative estimate of drug-likeness (QED) is 0.859. The van der Waals surface area contributed by atoms with Gasteiger partial charge in [-0.1, -0.05) is 39.0 Å². The smallest absolute Gasteiger partial charge is 0.409 e. The number of carbonyl (C=O) groups is 2. The van der Waals surface area contributed by atoms with Crippen LogP contribution in [0.2, 0.25) is 0 Å². The van der Waals surface area contributed by atoms with Gasteiger partial charge in [0.1, 0.15) is 0 Å². The van der Waals surface area contributed by atoms with Crippen LogP contribution in [0, 0.1) is 0 Å². The second-order valence-electron chi connectivity index (χ2n) is 7.91. The largest absolute Gasteiger partial charge is 0.453 e. The maximum absolute atomic E-state index is 12.6. The number of nitrogens with zero attached hydrogens (tertiary/aromatic N) is 1. The van der Waals surface area contributed by atoms with Crippen LogP contribution in [0.5, 0.6) is 0 Å². The van der Waals surface area contributed by atoms with Crippen LogP contribution in [0.15, 0.2) is 42.5 Å². The lowest BCUT2D eigenvalue weighted by Gasteiger charge is -2.28. The van der Waals surface area contributed by atoms with Gasteiger partial charge < -0.3 is 15.0 Å². The first-order valence-electron chi connectivity index (χ1n) is 9.14. The molecule has 0 unspecified atom stereocenters. The Hall–Kier alpha value is -2.82. The molecule has 0 saturated heterocycles. The summed E-state index contributed by atoms with van der Waals surface area (Å²) in [6.07, 6.45) is 0.460. The van der Waals surface area contributed by atoms with Crippen molar-refractivity contribution in [3.05, 3.63) is 64.7 Å². The van der Waals surface area contributed by atoms with Crippen molar-refractivity contribution in [1.29, 1.82) is 0 Å². The zero-order valence-corrected chi connectivity index (χ0v) is 16.3. The summed E-state index contributed by atoms with van der Waals surface area (Å²) in [5.74, 6) is -0.143. The first kappa shape index (κ1) is 19.0. The van der Waals surface area contributed by atoms with Gasteiger partial charge in [0, 0.05) is 24.3 Å². The molecule has 0 fully saturated rings. The fourth-order valence-corrected chi connectivity index (χ4v) is 3.24. The molecule has 3 rings (SSSR count). The molecule has 27 heavy (non-hydrogen) atoms. The zero-order valence-electron chi connectivity index (χ0n) is 16.3. The van der Waals surface area contributed by atoms with Crippen LogP contribution in [0.4, 0.5) is 10.5 Å². The van der Waals surface area contributed by atoms with E-state index in [1.807, 2.05) is 42.5 Å². The lowest BCUT2D eigenvalue weighted by Crippen LogP contribution is -2.35. The molecular weight excluding hydrogens is 340 g/mol. The highest BCUT2D eigenvalue weighted by Gasteiger charge is 2.21. The summed E-state index contributed by atoms with van der Waals surface area (Å²) in [7, 11) is 1.39. The zero-order chi connectivity index (χ0) is 19.6. The second-order valence-corrected chi connectivity index (χ2v) is 7.91. The van der Waals surface area contributed by atoms with Crippen LogP contribution in [-0.2, 0) is 23.1 Å². The number of fused-ring (bicyclic) bond motifs is 1. The van der Waals surface area contributed by atoms with Crippen LogP contribution < -0.4 is 5.32 Å². The Kier molecular flexibility index (Phi) is 5.22. The van der Waals surface area contributed by atoms with Crippen molar-refractivity contribution in [2.45, 2.75) is 39.2 Å². The van der Waals surface area contributed by atoms with Crippen molar-refractivity contribution in [3.63, 3.8) is 0 Å². The van der Waals surface area contributed by atoms with Crippen LogP contribution in [0.1, 0.15) is 47.8 Å². The van der Waals surface area contributed by atoms with Crippen LogP contribution >= 0.6 is 0 Å². The van der Waals surface area contributed by atoms with Crippen LogP contribution in [0.25, 0.3) is 0 Å². The van der Waals surface area contributed by atoms with Crippen molar-refractivity contribution < 1.29 is 14.3 Å². The van der Waals surface area contributed by atoms with E-state index in [4.69, 9.17) is 4.74 Å². The molecule has 0 saturated carbocycles. The molecule has 142 valence electrons. The lowest BCUT2D eigenvalue weighted by atomic mass is 9.86. The van der Waals surface area contributed by atoms with Crippen molar-refractivity contribution in [2.75, 3.05) is 19.0 Å². The molecule has 1 aliphatic heterocycles. The standard InChI is InChI=1S/C22H26N2O3/c1-22(2,3)18-8-5-16(6-9-18)20(25)23-19-10-7-15-11-12-24(21(26)27-4)14-17(15)13-19/h5-10,13H,11-12,14H2,1-4H3,(H,23,25). The molecule has 1 aliphatic rings. The average Bonchev–Trinajstić information content (AvgIpc) is 2.66. The number of methoxy groups -OCH3 is 1. The number of benzene rings is 2. The van der Waals surface area contributed by atoms with Crippen molar-refractivity contribution >= 4 is 17.7 Å². The monoisotopic (exact) mass is 366 g/mol. The molecule has 2 aromatic rings. The van der Waals surface area contributed by atoms with E-state index in [1.165, 1.54) is 18.2 Å². The number of amides is 2. The lowest BCUT2D eigenvalue weighted by molar-refractivity contribution is 0.102. The predicted octanol–water partition coefficient (Wildman–Crippen LogP) is 4.36. The minimum atomic E-state index is -0.325. The molecule has 5 heteroatoms. The van der Waals surface area contributed by atoms with E-state index in [1.54, 1.807) is 4.90 Å². The fraction of sp³-hybridized carbons (Fsp3) is 0.364. The first-order chi connectivity index (χ1) is 12.8. The summed E-state index contributed by atoms with van der Waals surface area (Å²) in [6.45, 7) is 7.57. The molecule has 0 spiro atoms. The van der Waals surface area contributed by atoms with Crippen molar-refractivity contribution in [1.82, 2.24) is 4.90 Å². The van der Waals surface area contributed by atoms with Crippen molar-refractivity contribution in [2.24, 2.45) is 0 Å². The van der Waals surface area contributed by atoms with E-state index in [9.17, 15) is 9.59 Å². The van der Waals surface area contributed by atoms with Gasteiger partial charge in [-0.15, -0.1) is 0 Å². The minimum Gasteiger partial charge on any atom is -0.453 e. The highest BCUT2D eigenvalue weighted by molar-refractivity contribution is 6.04. The fourth-order valence-electron chi connectivity index (χ4n) is 3.24. The van der Waals surface area contributed by atoms with Gasteiger partial charge >= 0.3 is 6.09 Å². The molecule has 0 bridgehead atoms. The van der Waals surface area contributed by atoms with E-state index < -0.39 is 0 Å². The summed E-state index contributed by atoms with van der Waals surface area (Å²) in [4.78, 5) is 26.0. The number of rotatable bonds is 2. The molecule has 5 nitrogen and oxygen atoms in total.